The number of hydrogen-bond donors (Lipinski definition) is 2. The van der Waals surface area contributed by atoms with E-state index >= 15 is 0 Å². The number of carbonyl (C=O) groups is 1. The molecule has 0 saturated carbocycles. The minimum atomic E-state index is -0.772. The third-order valence-corrected chi connectivity index (χ3v) is 2.33. The van der Waals surface area contributed by atoms with Gasteiger partial charge in [0.25, 0.3) is 0 Å². The van der Waals surface area contributed by atoms with Gasteiger partial charge in [-0.05, 0) is 5.92 Å². The second-order valence-electron chi connectivity index (χ2n) is 3.90. The van der Waals surface area contributed by atoms with E-state index in [9.17, 15) is 4.79 Å². The molecular formula is C11H17NO2. The van der Waals surface area contributed by atoms with Gasteiger partial charge in [-0.1, -0.05) is 38.2 Å². The van der Waals surface area contributed by atoms with Gasteiger partial charge in [0.1, 0.15) is 6.04 Å². The lowest BCUT2D eigenvalue weighted by atomic mass is 10.0. The third-order valence-electron chi connectivity index (χ3n) is 2.33. The first kappa shape index (κ1) is 11.0. The van der Waals surface area contributed by atoms with E-state index in [1.54, 1.807) is 0 Å². The van der Waals surface area contributed by atoms with Gasteiger partial charge in [0, 0.05) is 12.5 Å². The number of carboxylic acids is 1. The van der Waals surface area contributed by atoms with E-state index in [-0.39, 0.29) is 5.92 Å². The van der Waals surface area contributed by atoms with E-state index in [0.717, 1.165) is 0 Å². The third kappa shape index (κ3) is 3.00. The maximum atomic E-state index is 10.8. The summed E-state index contributed by atoms with van der Waals surface area (Å²) in [7, 11) is 0. The molecule has 0 spiro atoms. The van der Waals surface area contributed by atoms with Crippen molar-refractivity contribution in [2.45, 2.75) is 19.9 Å². The Labute approximate surface area is 84.5 Å². The molecular weight excluding hydrogens is 178 g/mol. The molecule has 1 atom stereocenters. The van der Waals surface area contributed by atoms with Crippen molar-refractivity contribution in [2.24, 2.45) is 11.8 Å². The first-order valence-electron chi connectivity index (χ1n) is 4.92. The monoisotopic (exact) mass is 195 g/mol. The summed E-state index contributed by atoms with van der Waals surface area (Å²) in [5, 5.41) is 12.0. The SMILES string of the molecule is CC(C)[C@H](NCC1C=CC=C1)C(=O)O. The van der Waals surface area contributed by atoms with Crippen molar-refractivity contribution in [1.82, 2.24) is 5.32 Å². The Morgan fingerprint density at radius 2 is 2.00 bits per heavy atom. The molecule has 0 amide bonds. The first-order valence-corrected chi connectivity index (χ1v) is 4.92. The lowest BCUT2D eigenvalue weighted by Crippen LogP contribution is -2.42. The highest BCUT2D eigenvalue weighted by Crippen LogP contribution is 2.09. The van der Waals surface area contributed by atoms with Crippen molar-refractivity contribution < 1.29 is 9.90 Å². The van der Waals surface area contributed by atoms with Crippen molar-refractivity contribution in [1.29, 1.82) is 0 Å². The van der Waals surface area contributed by atoms with Crippen molar-refractivity contribution in [3.8, 4) is 0 Å². The molecule has 1 aliphatic rings. The molecule has 78 valence electrons. The van der Waals surface area contributed by atoms with Crippen LogP contribution in [-0.4, -0.2) is 23.7 Å². The maximum Gasteiger partial charge on any atom is 0.320 e. The summed E-state index contributed by atoms with van der Waals surface area (Å²) >= 11 is 0. The van der Waals surface area contributed by atoms with Gasteiger partial charge in [-0.15, -0.1) is 0 Å². The molecule has 0 bridgehead atoms. The summed E-state index contributed by atoms with van der Waals surface area (Å²) in [4.78, 5) is 10.8. The number of aliphatic carboxylic acids is 1. The van der Waals surface area contributed by atoms with E-state index in [4.69, 9.17) is 5.11 Å². The van der Waals surface area contributed by atoms with Gasteiger partial charge < -0.3 is 10.4 Å². The van der Waals surface area contributed by atoms with Gasteiger partial charge in [0.05, 0.1) is 0 Å². The Hall–Kier alpha value is -1.09. The molecule has 0 saturated heterocycles. The highest BCUT2D eigenvalue weighted by Gasteiger charge is 2.21. The van der Waals surface area contributed by atoms with Crippen LogP contribution in [0.1, 0.15) is 13.8 Å². The van der Waals surface area contributed by atoms with Crippen LogP contribution in [0.4, 0.5) is 0 Å². The molecule has 3 heteroatoms. The molecule has 1 rings (SSSR count). The van der Waals surface area contributed by atoms with E-state index < -0.39 is 12.0 Å². The van der Waals surface area contributed by atoms with E-state index in [2.05, 4.69) is 17.5 Å². The Morgan fingerprint density at radius 3 is 2.43 bits per heavy atom. The molecule has 1 aliphatic carbocycles. The number of allylic oxidation sites excluding steroid dienone is 2. The lowest BCUT2D eigenvalue weighted by Gasteiger charge is -2.19. The van der Waals surface area contributed by atoms with Gasteiger partial charge in [0.2, 0.25) is 0 Å². The molecule has 2 N–H and O–H groups in total. The van der Waals surface area contributed by atoms with Crippen LogP contribution in [0.25, 0.3) is 0 Å². The van der Waals surface area contributed by atoms with Gasteiger partial charge >= 0.3 is 5.97 Å². The molecule has 14 heavy (non-hydrogen) atoms. The topological polar surface area (TPSA) is 49.3 Å². The maximum absolute atomic E-state index is 10.8. The standard InChI is InChI=1S/C11H17NO2/c1-8(2)10(11(13)14)12-7-9-5-3-4-6-9/h3-6,8-10,12H,7H2,1-2H3,(H,13,14)/t10-/m0/s1. The Morgan fingerprint density at radius 1 is 1.43 bits per heavy atom. The van der Waals surface area contributed by atoms with Gasteiger partial charge in [-0.25, -0.2) is 0 Å². The molecule has 0 fully saturated rings. The van der Waals surface area contributed by atoms with Crippen molar-refractivity contribution >= 4 is 5.97 Å². The summed E-state index contributed by atoms with van der Waals surface area (Å²) < 4.78 is 0. The fourth-order valence-corrected chi connectivity index (χ4v) is 1.49. The fraction of sp³-hybridized carbons (Fsp3) is 0.545. The van der Waals surface area contributed by atoms with Crippen molar-refractivity contribution in [3.05, 3.63) is 24.3 Å². The average Bonchev–Trinajstić information content (AvgIpc) is 2.55. The lowest BCUT2D eigenvalue weighted by molar-refractivity contribution is -0.140. The zero-order valence-electron chi connectivity index (χ0n) is 8.60. The molecule has 0 unspecified atom stereocenters. The zero-order chi connectivity index (χ0) is 10.6. The highest BCUT2D eigenvalue weighted by atomic mass is 16.4. The molecule has 3 nitrogen and oxygen atoms in total. The Kier molecular flexibility index (Phi) is 3.89. The van der Waals surface area contributed by atoms with Crippen LogP contribution < -0.4 is 5.32 Å². The molecule has 0 aromatic carbocycles. The van der Waals surface area contributed by atoms with Crippen LogP contribution in [0.2, 0.25) is 0 Å². The van der Waals surface area contributed by atoms with Crippen LogP contribution in [0.3, 0.4) is 0 Å². The van der Waals surface area contributed by atoms with E-state index in [1.165, 1.54) is 0 Å². The smallest absolute Gasteiger partial charge is 0.320 e. The van der Waals surface area contributed by atoms with Crippen molar-refractivity contribution in [3.63, 3.8) is 0 Å². The second kappa shape index (κ2) is 4.96. The first-order chi connectivity index (χ1) is 6.61. The van der Waals surface area contributed by atoms with E-state index in [1.807, 2.05) is 26.0 Å². The van der Waals surface area contributed by atoms with Crippen molar-refractivity contribution in [2.75, 3.05) is 6.54 Å². The summed E-state index contributed by atoms with van der Waals surface area (Å²) in [5.41, 5.74) is 0. The largest absolute Gasteiger partial charge is 0.480 e. The second-order valence-corrected chi connectivity index (χ2v) is 3.90. The highest BCUT2D eigenvalue weighted by molar-refractivity contribution is 5.73. The summed E-state index contributed by atoms with van der Waals surface area (Å²) in [6, 6.07) is -0.447. The summed E-state index contributed by atoms with van der Waals surface area (Å²) in [6.45, 7) is 4.51. The number of carboxylic acid groups (broad SMARTS) is 1. The van der Waals surface area contributed by atoms with Gasteiger partial charge in [0.15, 0.2) is 0 Å². The summed E-state index contributed by atoms with van der Waals surface area (Å²) in [6.07, 6.45) is 8.09. The van der Waals surface area contributed by atoms with Crippen LogP contribution in [0, 0.1) is 11.8 Å². The summed E-state index contributed by atoms with van der Waals surface area (Å²) in [5.74, 6) is -0.316. The zero-order valence-corrected chi connectivity index (χ0v) is 8.60. The van der Waals surface area contributed by atoms with Gasteiger partial charge in [-0.2, -0.15) is 0 Å². The Bertz CT molecular complexity index is 244. The fourth-order valence-electron chi connectivity index (χ4n) is 1.49. The predicted octanol–water partition coefficient (Wildman–Crippen LogP) is 1.43. The molecule has 0 aromatic rings. The van der Waals surface area contributed by atoms with Crippen LogP contribution in [0.5, 0.6) is 0 Å². The van der Waals surface area contributed by atoms with Gasteiger partial charge in [-0.3, -0.25) is 4.79 Å². The number of rotatable bonds is 5. The minimum absolute atomic E-state index is 0.113. The van der Waals surface area contributed by atoms with E-state index in [0.29, 0.717) is 12.5 Å². The Balaban J connectivity index is 2.37. The number of hydrogen-bond acceptors (Lipinski definition) is 2. The molecule has 0 radical (unpaired) electrons. The quantitative estimate of drug-likeness (QED) is 0.697. The normalized spacial score (nSPS) is 17.9. The minimum Gasteiger partial charge on any atom is -0.480 e. The van der Waals surface area contributed by atoms with Crippen LogP contribution in [0.15, 0.2) is 24.3 Å². The predicted molar refractivity (Wildman–Crippen MR) is 56.0 cm³/mol. The average molecular weight is 195 g/mol. The molecule has 0 aliphatic heterocycles. The molecule has 0 heterocycles. The van der Waals surface area contributed by atoms with Crippen LogP contribution >= 0.6 is 0 Å². The number of nitrogens with one attached hydrogen (secondary N) is 1. The molecule has 0 aromatic heterocycles. The van der Waals surface area contributed by atoms with Crippen LogP contribution in [-0.2, 0) is 4.79 Å².